The maximum atomic E-state index is 13.3. The lowest BCUT2D eigenvalue weighted by Gasteiger charge is -2.23. The van der Waals surface area contributed by atoms with E-state index in [1.807, 2.05) is 6.26 Å². The number of fused-ring (bicyclic) bond motifs is 1. The molecule has 2 N–H and O–H groups in total. The number of benzene rings is 1. The van der Waals surface area contributed by atoms with Crippen LogP contribution in [0.4, 0.5) is 10.2 Å². The molecule has 1 unspecified atom stereocenters. The molecule has 0 fully saturated rings. The Morgan fingerprint density at radius 3 is 2.95 bits per heavy atom. The van der Waals surface area contributed by atoms with Gasteiger partial charge in [-0.25, -0.2) is 14.4 Å². The highest BCUT2D eigenvalue weighted by atomic mass is 32.2. The molecule has 6 heteroatoms. The van der Waals surface area contributed by atoms with Crippen molar-refractivity contribution in [3.05, 3.63) is 30.3 Å². The molecular formula is C13H16FN3OS. The van der Waals surface area contributed by atoms with Crippen LogP contribution in [0.25, 0.3) is 10.9 Å². The van der Waals surface area contributed by atoms with E-state index in [0.29, 0.717) is 29.0 Å². The molecule has 0 saturated carbocycles. The third kappa shape index (κ3) is 3.54. The number of anilines is 1. The summed E-state index contributed by atoms with van der Waals surface area (Å²) >= 11 is 1.57. The average molecular weight is 281 g/mol. The number of aromatic nitrogens is 2. The Labute approximate surface area is 115 Å². The van der Waals surface area contributed by atoms with E-state index in [-0.39, 0.29) is 5.82 Å². The fourth-order valence-corrected chi connectivity index (χ4v) is 2.53. The highest BCUT2D eigenvalue weighted by Crippen LogP contribution is 2.21. The minimum absolute atomic E-state index is 0.332. The lowest BCUT2D eigenvalue weighted by atomic mass is 10.1. The summed E-state index contributed by atoms with van der Waals surface area (Å²) in [6.07, 6.45) is 3.36. The van der Waals surface area contributed by atoms with Crippen molar-refractivity contribution in [3.63, 3.8) is 0 Å². The molecule has 0 saturated heterocycles. The summed E-state index contributed by atoms with van der Waals surface area (Å²) in [5, 5.41) is 13.8. The van der Waals surface area contributed by atoms with Gasteiger partial charge >= 0.3 is 0 Å². The molecule has 102 valence electrons. The lowest BCUT2D eigenvalue weighted by Crippen LogP contribution is -2.36. The van der Waals surface area contributed by atoms with Gasteiger partial charge in [-0.3, -0.25) is 0 Å². The number of hydrogen-bond acceptors (Lipinski definition) is 5. The van der Waals surface area contributed by atoms with Crippen molar-refractivity contribution in [2.45, 2.75) is 12.5 Å². The molecule has 0 aliphatic carbocycles. The predicted octanol–water partition coefficient (Wildman–Crippen LogP) is 2.29. The molecule has 19 heavy (non-hydrogen) atoms. The monoisotopic (exact) mass is 281 g/mol. The average Bonchev–Trinajstić information content (AvgIpc) is 2.36. The Kier molecular flexibility index (Phi) is 4.21. The highest BCUT2D eigenvalue weighted by molar-refractivity contribution is 7.98. The molecule has 1 aromatic heterocycles. The lowest BCUT2D eigenvalue weighted by molar-refractivity contribution is 0.0996. The van der Waals surface area contributed by atoms with Gasteiger partial charge in [0.15, 0.2) is 0 Å². The summed E-state index contributed by atoms with van der Waals surface area (Å²) < 4.78 is 13.3. The van der Waals surface area contributed by atoms with Crippen LogP contribution in [0.3, 0.4) is 0 Å². The van der Waals surface area contributed by atoms with Crippen LogP contribution in [0.1, 0.15) is 6.92 Å². The fourth-order valence-electron chi connectivity index (χ4n) is 1.81. The SMILES string of the molecule is CSCC(C)(O)CNc1ncnc2ccc(F)cc12. The second kappa shape index (κ2) is 5.71. The second-order valence-corrected chi connectivity index (χ2v) is 5.53. The van der Waals surface area contributed by atoms with Crippen molar-refractivity contribution in [2.24, 2.45) is 0 Å². The van der Waals surface area contributed by atoms with Gasteiger partial charge in [0.25, 0.3) is 0 Å². The molecule has 0 aliphatic rings. The first kappa shape index (κ1) is 14.0. The van der Waals surface area contributed by atoms with E-state index in [0.717, 1.165) is 0 Å². The third-order valence-corrected chi connectivity index (χ3v) is 3.60. The van der Waals surface area contributed by atoms with Gasteiger partial charge in [0.2, 0.25) is 0 Å². The number of hydrogen-bond donors (Lipinski definition) is 2. The van der Waals surface area contributed by atoms with Crippen molar-refractivity contribution in [1.29, 1.82) is 0 Å². The van der Waals surface area contributed by atoms with Crippen molar-refractivity contribution in [1.82, 2.24) is 9.97 Å². The molecule has 0 bridgehead atoms. The molecule has 1 aromatic carbocycles. The molecule has 2 rings (SSSR count). The molecule has 0 aliphatic heterocycles. The fraction of sp³-hybridized carbons (Fsp3) is 0.385. The van der Waals surface area contributed by atoms with E-state index < -0.39 is 5.60 Å². The van der Waals surface area contributed by atoms with Crippen LogP contribution in [0.5, 0.6) is 0 Å². The molecular weight excluding hydrogens is 265 g/mol. The van der Waals surface area contributed by atoms with Gasteiger partial charge in [-0.1, -0.05) is 0 Å². The minimum Gasteiger partial charge on any atom is -0.387 e. The zero-order chi connectivity index (χ0) is 13.9. The van der Waals surface area contributed by atoms with Crippen LogP contribution in [0.2, 0.25) is 0 Å². The maximum Gasteiger partial charge on any atom is 0.137 e. The highest BCUT2D eigenvalue weighted by Gasteiger charge is 2.19. The zero-order valence-corrected chi connectivity index (χ0v) is 11.7. The van der Waals surface area contributed by atoms with Crippen LogP contribution >= 0.6 is 11.8 Å². The van der Waals surface area contributed by atoms with E-state index in [1.165, 1.54) is 18.5 Å². The number of aliphatic hydroxyl groups is 1. The minimum atomic E-state index is -0.843. The zero-order valence-electron chi connectivity index (χ0n) is 10.9. The second-order valence-electron chi connectivity index (χ2n) is 4.67. The summed E-state index contributed by atoms with van der Waals surface area (Å²) in [6.45, 7) is 2.09. The Bertz CT molecular complexity index is 577. The number of nitrogens with zero attached hydrogens (tertiary/aromatic N) is 2. The Morgan fingerprint density at radius 1 is 1.42 bits per heavy atom. The predicted molar refractivity (Wildman–Crippen MR) is 77.0 cm³/mol. The maximum absolute atomic E-state index is 13.3. The van der Waals surface area contributed by atoms with E-state index in [2.05, 4.69) is 15.3 Å². The van der Waals surface area contributed by atoms with Gasteiger partial charge < -0.3 is 10.4 Å². The normalized spacial score (nSPS) is 14.3. The largest absolute Gasteiger partial charge is 0.387 e. The molecule has 0 radical (unpaired) electrons. The first-order chi connectivity index (χ1) is 9.02. The van der Waals surface area contributed by atoms with Crippen LogP contribution in [-0.4, -0.2) is 39.2 Å². The summed E-state index contributed by atoms with van der Waals surface area (Å²) in [4.78, 5) is 8.18. The van der Waals surface area contributed by atoms with Crippen LogP contribution in [0.15, 0.2) is 24.5 Å². The van der Waals surface area contributed by atoms with Crippen molar-refractivity contribution in [2.75, 3.05) is 23.9 Å². The molecule has 0 amide bonds. The first-order valence-electron chi connectivity index (χ1n) is 5.87. The van der Waals surface area contributed by atoms with Crippen LogP contribution < -0.4 is 5.32 Å². The smallest absolute Gasteiger partial charge is 0.137 e. The third-order valence-electron chi connectivity index (χ3n) is 2.69. The number of thioether (sulfide) groups is 1. The number of rotatable bonds is 5. The van der Waals surface area contributed by atoms with E-state index in [4.69, 9.17) is 0 Å². The Hall–Kier alpha value is -1.40. The van der Waals surface area contributed by atoms with E-state index >= 15 is 0 Å². The van der Waals surface area contributed by atoms with Gasteiger partial charge in [-0.05, 0) is 31.4 Å². The van der Waals surface area contributed by atoms with Gasteiger partial charge in [0, 0.05) is 17.7 Å². The van der Waals surface area contributed by atoms with Gasteiger partial charge in [-0.2, -0.15) is 11.8 Å². The Morgan fingerprint density at radius 2 is 2.21 bits per heavy atom. The van der Waals surface area contributed by atoms with Crippen molar-refractivity contribution >= 4 is 28.5 Å². The summed E-state index contributed by atoms with van der Waals surface area (Å²) in [5.41, 5.74) is -0.173. The van der Waals surface area contributed by atoms with Crippen LogP contribution in [0, 0.1) is 5.82 Å². The summed E-state index contributed by atoms with van der Waals surface area (Å²) in [7, 11) is 0. The van der Waals surface area contributed by atoms with Crippen LogP contribution in [-0.2, 0) is 0 Å². The Balaban J connectivity index is 2.23. The number of nitrogens with one attached hydrogen (secondary N) is 1. The molecule has 1 heterocycles. The van der Waals surface area contributed by atoms with E-state index in [9.17, 15) is 9.50 Å². The number of halogens is 1. The molecule has 0 spiro atoms. The van der Waals surface area contributed by atoms with Gasteiger partial charge in [-0.15, -0.1) is 0 Å². The van der Waals surface area contributed by atoms with Crippen molar-refractivity contribution in [3.8, 4) is 0 Å². The van der Waals surface area contributed by atoms with Gasteiger partial charge in [0.1, 0.15) is 18.0 Å². The topological polar surface area (TPSA) is 58.0 Å². The summed E-state index contributed by atoms with van der Waals surface area (Å²) in [6, 6.07) is 4.36. The van der Waals surface area contributed by atoms with E-state index in [1.54, 1.807) is 24.8 Å². The quantitative estimate of drug-likeness (QED) is 0.880. The van der Waals surface area contributed by atoms with Gasteiger partial charge in [0.05, 0.1) is 11.1 Å². The van der Waals surface area contributed by atoms with Crippen molar-refractivity contribution < 1.29 is 9.50 Å². The first-order valence-corrected chi connectivity index (χ1v) is 7.27. The standard InChI is InChI=1S/C13H16FN3OS/c1-13(18,7-19-2)6-15-12-10-5-9(14)3-4-11(10)16-8-17-12/h3-5,8,18H,6-7H2,1-2H3,(H,15,16,17). The molecule has 4 nitrogen and oxygen atoms in total. The molecule has 1 atom stereocenters. The summed E-state index contributed by atoms with van der Waals surface area (Å²) in [5.74, 6) is 0.810. The molecule has 2 aromatic rings.